The van der Waals surface area contributed by atoms with Crippen molar-refractivity contribution in [1.29, 1.82) is 0 Å². The van der Waals surface area contributed by atoms with Gasteiger partial charge in [0, 0.05) is 24.5 Å². The lowest BCUT2D eigenvalue weighted by Gasteiger charge is -2.11. The Bertz CT molecular complexity index is 541. The minimum atomic E-state index is 0.612. The van der Waals surface area contributed by atoms with Crippen LogP contribution in [0.5, 0.6) is 11.6 Å². The third-order valence-corrected chi connectivity index (χ3v) is 2.71. The number of pyridine rings is 2. The first kappa shape index (κ1) is 13.1. The van der Waals surface area contributed by atoms with Gasteiger partial charge in [0.15, 0.2) is 5.75 Å². The number of hydrogen-bond donors (Lipinski definition) is 1. The van der Waals surface area contributed by atoms with E-state index in [9.17, 15) is 0 Å². The van der Waals surface area contributed by atoms with Crippen molar-refractivity contribution in [1.82, 2.24) is 9.97 Å². The van der Waals surface area contributed by atoms with Crippen molar-refractivity contribution in [2.75, 3.05) is 19.5 Å². The van der Waals surface area contributed by atoms with Gasteiger partial charge >= 0.3 is 0 Å². The van der Waals surface area contributed by atoms with Gasteiger partial charge in [0.2, 0.25) is 5.88 Å². The van der Waals surface area contributed by atoms with Crippen LogP contribution < -0.4 is 14.8 Å². The van der Waals surface area contributed by atoms with Gasteiger partial charge in [-0.25, -0.2) is 4.98 Å². The smallest absolute Gasteiger partial charge is 0.212 e. The number of aromatic nitrogens is 2. The van der Waals surface area contributed by atoms with Crippen LogP contribution in [0, 0.1) is 6.92 Å². The van der Waals surface area contributed by atoms with Crippen molar-refractivity contribution in [3.63, 3.8) is 0 Å². The van der Waals surface area contributed by atoms with E-state index in [1.807, 2.05) is 25.1 Å². The van der Waals surface area contributed by atoms with E-state index in [4.69, 9.17) is 9.47 Å². The summed E-state index contributed by atoms with van der Waals surface area (Å²) in [5.41, 5.74) is 2.93. The molecule has 0 saturated heterocycles. The monoisotopic (exact) mass is 259 g/mol. The summed E-state index contributed by atoms with van der Waals surface area (Å²) in [5.74, 6) is 1.34. The van der Waals surface area contributed by atoms with Crippen LogP contribution in [0.3, 0.4) is 0 Å². The Hall–Kier alpha value is -2.30. The molecule has 0 spiro atoms. The number of methoxy groups -OCH3 is 2. The first-order chi connectivity index (χ1) is 9.22. The summed E-state index contributed by atoms with van der Waals surface area (Å²) in [6, 6.07) is 5.77. The predicted molar refractivity (Wildman–Crippen MR) is 73.6 cm³/mol. The van der Waals surface area contributed by atoms with Gasteiger partial charge in [0.1, 0.15) is 0 Å². The Morgan fingerprint density at radius 2 is 1.95 bits per heavy atom. The van der Waals surface area contributed by atoms with Gasteiger partial charge < -0.3 is 14.8 Å². The molecular weight excluding hydrogens is 242 g/mol. The number of aryl methyl sites for hydroxylation is 1. The zero-order chi connectivity index (χ0) is 13.7. The molecule has 2 aromatic rings. The molecule has 0 fully saturated rings. The fourth-order valence-corrected chi connectivity index (χ4v) is 1.68. The van der Waals surface area contributed by atoms with E-state index in [0.29, 0.717) is 12.4 Å². The van der Waals surface area contributed by atoms with Crippen molar-refractivity contribution >= 4 is 5.69 Å². The highest BCUT2D eigenvalue weighted by atomic mass is 16.5. The molecule has 0 unspecified atom stereocenters. The van der Waals surface area contributed by atoms with E-state index in [1.54, 1.807) is 26.6 Å². The molecule has 19 heavy (non-hydrogen) atoms. The second-order valence-electron chi connectivity index (χ2n) is 4.09. The standard InChI is InChI=1S/C14H17N3O2/c1-10-6-12(13(18-2)9-15-10)16-7-11-4-5-14(19-3)17-8-11/h4-6,8-9H,7H2,1-3H3,(H,15,16). The summed E-state index contributed by atoms with van der Waals surface area (Å²) in [5, 5.41) is 3.31. The average molecular weight is 259 g/mol. The lowest BCUT2D eigenvalue weighted by molar-refractivity contribution is 0.397. The maximum Gasteiger partial charge on any atom is 0.212 e. The topological polar surface area (TPSA) is 56.3 Å². The number of rotatable bonds is 5. The van der Waals surface area contributed by atoms with Crippen molar-refractivity contribution in [2.45, 2.75) is 13.5 Å². The van der Waals surface area contributed by atoms with Crippen LogP contribution in [0.15, 0.2) is 30.6 Å². The Morgan fingerprint density at radius 3 is 2.58 bits per heavy atom. The van der Waals surface area contributed by atoms with E-state index in [2.05, 4.69) is 15.3 Å². The van der Waals surface area contributed by atoms with Crippen LogP contribution in [0.2, 0.25) is 0 Å². The Balaban J connectivity index is 2.07. The molecule has 1 N–H and O–H groups in total. The maximum atomic E-state index is 5.26. The van der Waals surface area contributed by atoms with Gasteiger partial charge in [-0.05, 0) is 18.6 Å². The maximum absolute atomic E-state index is 5.26. The third kappa shape index (κ3) is 3.34. The molecule has 0 amide bonds. The Kier molecular flexibility index (Phi) is 4.18. The van der Waals surface area contributed by atoms with E-state index >= 15 is 0 Å². The van der Waals surface area contributed by atoms with Crippen LogP contribution in [0.1, 0.15) is 11.3 Å². The molecule has 0 aliphatic rings. The molecule has 5 nitrogen and oxygen atoms in total. The van der Waals surface area contributed by atoms with Crippen molar-refractivity contribution in [3.05, 3.63) is 41.9 Å². The van der Waals surface area contributed by atoms with E-state index < -0.39 is 0 Å². The SMILES string of the molecule is COc1ccc(CNc2cc(C)ncc2OC)cn1. The summed E-state index contributed by atoms with van der Waals surface area (Å²) in [6.07, 6.45) is 3.50. The van der Waals surface area contributed by atoms with Crippen molar-refractivity contribution in [3.8, 4) is 11.6 Å². The largest absolute Gasteiger partial charge is 0.493 e. The lowest BCUT2D eigenvalue weighted by atomic mass is 10.2. The normalized spacial score (nSPS) is 10.1. The summed E-state index contributed by atoms with van der Waals surface area (Å²) in [6.45, 7) is 2.61. The summed E-state index contributed by atoms with van der Waals surface area (Å²) in [4.78, 5) is 8.36. The molecule has 0 bridgehead atoms. The Morgan fingerprint density at radius 1 is 1.11 bits per heavy atom. The molecule has 2 heterocycles. The first-order valence-electron chi connectivity index (χ1n) is 5.96. The fourth-order valence-electron chi connectivity index (χ4n) is 1.68. The Labute approximate surface area is 112 Å². The zero-order valence-corrected chi connectivity index (χ0v) is 11.3. The minimum absolute atomic E-state index is 0.612. The molecule has 100 valence electrons. The van der Waals surface area contributed by atoms with Crippen LogP contribution in [-0.2, 0) is 6.54 Å². The number of anilines is 1. The second-order valence-corrected chi connectivity index (χ2v) is 4.09. The molecule has 2 aromatic heterocycles. The van der Waals surface area contributed by atoms with E-state index in [0.717, 1.165) is 22.7 Å². The average Bonchev–Trinajstić information content (AvgIpc) is 2.46. The van der Waals surface area contributed by atoms with Crippen LogP contribution in [0.25, 0.3) is 0 Å². The molecule has 0 aliphatic carbocycles. The molecular formula is C14H17N3O2. The molecule has 0 saturated carbocycles. The summed E-state index contributed by atoms with van der Waals surface area (Å²) in [7, 11) is 3.23. The van der Waals surface area contributed by atoms with Gasteiger partial charge in [-0.15, -0.1) is 0 Å². The van der Waals surface area contributed by atoms with Gasteiger partial charge in [0.25, 0.3) is 0 Å². The van der Waals surface area contributed by atoms with Gasteiger partial charge in [0.05, 0.1) is 26.1 Å². The van der Waals surface area contributed by atoms with Crippen molar-refractivity contribution in [2.24, 2.45) is 0 Å². The van der Waals surface area contributed by atoms with Gasteiger partial charge in [-0.1, -0.05) is 6.07 Å². The number of hydrogen-bond acceptors (Lipinski definition) is 5. The van der Waals surface area contributed by atoms with Crippen LogP contribution >= 0.6 is 0 Å². The van der Waals surface area contributed by atoms with Crippen LogP contribution in [0.4, 0.5) is 5.69 Å². The fraction of sp³-hybridized carbons (Fsp3) is 0.286. The molecule has 5 heteroatoms. The number of nitrogens with zero attached hydrogens (tertiary/aromatic N) is 2. The van der Waals surface area contributed by atoms with E-state index in [-0.39, 0.29) is 0 Å². The molecule has 0 aliphatic heterocycles. The molecule has 0 aromatic carbocycles. The van der Waals surface area contributed by atoms with E-state index in [1.165, 1.54) is 0 Å². The predicted octanol–water partition coefficient (Wildman–Crippen LogP) is 2.41. The molecule has 0 atom stereocenters. The third-order valence-electron chi connectivity index (χ3n) is 2.71. The summed E-state index contributed by atoms with van der Waals surface area (Å²) < 4.78 is 10.3. The number of nitrogens with one attached hydrogen (secondary N) is 1. The minimum Gasteiger partial charge on any atom is -0.493 e. The summed E-state index contributed by atoms with van der Waals surface area (Å²) >= 11 is 0. The zero-order valence-electron chi connectivity index (χ0n) is 11.3. The van der Waals surface area contributed by atoms with Gasteiger partial charge in [-0.3, -0.25) is 4.98 Å². The lowest BCUT2D eigenvalue weighted by Crippen LogP contribution is -2.03. The highest BCUT2D eigenvalue weighted by molar-refractivity contribution is 5.56. The van der Waals surface area contributed by atoms with Crippen molar-refractivity contribution < 1.29 is 9.47 Å². The van der Waals surface area contributed by atoms with Crippen LogP contribution in [-0.4, -0.2) is 24.2 Å². The first-order valence-corrected chi connectivity index (χ1v) is 5.96. The quantitative estimate of drug-likeness (QED) is 0.893. The second kappa shape index (κ2) is 6.04. The molecule has 2 rings (SSSR count). The number of ether oxygens (including phenoxy) is 2. The highest BCUT2D eigenvalue weighted by Gasteiger charge is 2.04. The molecule has 0 radical (unpaired) electrons. The highest BCUT2D eigenvalue weighted by Crippen LogP contribution is 2.24. The van der Waals surface area contributed by atoms with Gasteiger partial charge in [-0.2, -0.15) is 0 Å².